The van der Waals surface area contributed by atoms with Gasteiger partial charge in [-0.3, -0.25) is 0 Å². The van der Waals surface area contributed by atoms with Crippen molar-refractivity contribution >= 4 is 0 Å². The molecule has 1 saturated carbocycles. The Morgan fingerprint density at radius 1 is 1.19 bits per heavy atom. The Morgan fingerprint density at radius 2 is 1.81 bits per heavy atom. The second kappa shape index (κ2) is 6.05. The van der Waals surface area contributed by atoms with Crippen LogP contribution in [-0.2, 0) is 6.42 Å². The molecule has 1 atom stereocenters. The van der Waals surface area contributed by atoms with Crippen LogP contribution in [0.3, 0.4) is 0 Å². The van der Waals surface area contributed by atoms with Crippen molar-refractivity contribution in [1.82, 2.24) is 10.1 Å². The van der Waals surface area contributed by atoms with Crippen molar-refractivity contribution in [3.8, 4) is 0 Å². The van der Waals surface area contributed by atoms with Crippen molar-refractivity contribution in [2.75, 3.05) is 6.54 Å². The van der Waals surface area contributed by atoms with Gasteiger partial charge in [0.05, 0.1) is 12.0 Å². The van der Waals surface area contributed by atoms with Crippen LogP contribution >= 0.6 is 0 Å². The lowest BCUT2D eigenvalue weighted by Gasteiger charge is -2.36. The van der Waals surface area contributed by atoms with E-state index >= 15 is 0 Å². The Kier molecular flexibility index (Phi) is 4.73. The van der Waals surface area contributed by atoms with Gasteiger partial charge in [-0.15, -0.1) is 0 Å². The monoisotopic (exact) mass is 295 g/mol. The Balaban J connectivity index is 1.94. The van der Waals surface area contributed by atoms with E-state index < -0.39 is 5.60 Å². The topological polar surface area (TPSA) is 85.2 Å². The average Bonchev–Trinajstić information content (AvgIpc) is 2.86. The summed E-state index contributed by atoms with van der Waals surface area (Å²) >= 11 is 0. The Hall–Kier alpha value is -0.940. The minimum absolute atomic E-state index is 0.182. The number of nitrogens with two attached hydrogens (primary N) is 1. The van der Waals surface area contributed by atoms with Crippen LogP contribution in [0.1, 0.15) is 71.0 Å². The van der Waals surface area contributed by atoms with E-state index in [1.165, 1.54) is 12.8 Å². The van der Waals surface area contributed by atoms with Crippen LogP contribution in [0.15, 0.2) is 4.52 Å². The zero-order chi connectivity index (χ0) is 15.7. The molecule has 1 unspecified atom stereocenters. The fourth-order valence-electron chi connectivity index (χ4n) is 3.12. The van der Waals surface area contributed by atoms with E-state index in [0.717, 1.165) is 24.6 Å². The largest absolute Gasteiger partial charge is 0.388 e. The summed E-state index contributed by atoms with van der Waals surface area (Å²) in [7, 11) is 0. The summed E-state index contributed by atoms with van der Waals surface area (Å²) in [5, 5.41) is 14.1. The zero-order valence-corrected chi connectivity index (χ0v) is 13.7. The van der Waals surface area contributed by atoms with Gasteiger partial charge >= 0.3 is 0 Å². The van der Waals surface area contributed by atoms with Crippen molar-refractivity contribution < 1.29 is 9.63 Å². The molecule has 2 rings (SSSR count). The van der Waals surface area contributed by atoms with Gasteiger partial charge in [0.15, 0.2) is 5.82 Å². The molecule has 3 N–H and O–H groups in total. The highest BCUT2D eigenvalue weighted by Crippen LogP contribution is 2.42. The number of aliphatic hydroxyl groups is 1. The normalized spacial score (nSPS) is 26.6. The molecule has 1 heterocycles. The SMILES string of the molecule is CC(O)(CN)Cc1nc(C2CCC(C(C)(C)C)CC2)no1. The summed E-state index contributed by atoms with van der Waals surface area (Å²) in [5.74, 6) is 2.45. The molecule has 5 heteroatoms. The smallest absolute Gasteiger partial charge is 0.229 e. The second-order valence-corrected chi connectivity index (χ2v) is 7.84. The van der Waals surface area contributed by atoms with Gasteiger partial charge in [0, 0.05) is 12.5 Å². The van der Waals surface area contributed by atoms with Gasteiger partial charge in [-0.1, -0.05) is 25.9 Å². The number of rotatable bonds is 4. The van der Waals surface area contributed by atoms with Gasteiger partial charge < -0.3 is 15.4 Å². The highest BCUT2D eigenvalue weighted by molar-refractivity contribution is 5.00. The predicted octanol–water partition coefficient (Wildman–Crippen LogP) is 2.64. The van der Waals surface area contributed by atoms with Crippen molar-refractivity contribution in [3.63, 3.8) is 0 Å². The van der Waals surface area contributed by atoms with Crippen LogP contribution < -0.4 is 5.73 Å². The van der Waals surface area contributed by atoms with E-state index in [1.54, 1.807) is 6.92 Å². The van der Waals surface area contributed by atoms with Crippen LogP contribution in [0.25, 0.3) is 0 Å². The highest BCUT2D eigenvalue weighted by atomic mass is 16.5. The predicted molar refractivity (Wildman–Crippen MR) is 81.8 cm³/mol. The average molecular weight is 295 g/mol. The first kappa shape index (κ1) is 16.4. The molecule has 1 aromatic rings. The fourth-order valence-corrected chi connectivity index (χ4v) is 3.12. The van der Waals surface area contributed by atoms with Crippen LogP contribution in [0, 0.1) is 11.3 Å². The van der Waals surface area contributed by atoms with Crippen LogP contribution in [0.2, 0.25) is 0 Å². The molecule has 1 aliphatic rings. The van der Waals surface area contributed by atoms with Crippen molar-refractivity contribution in [2.45, 2.75) is 71.3 Å². The summed E-state index contributed by atoms with van der Waals surface area (Å²) < 4.78 is 5.27. The van der Waals surface area contributed by atoms with Crippen molar-refractivity contribution in [1.29, 1.82) is 0 Å². The van der Waals surface area contributed by atoms with E-state index in [-0.39, 0.29) is 6.54 Å². The van der Waals surface area contributed by atoms with Gasteiger partial charge in [-0.25, -0.2) is 0 Å². The molecule has 0 aliphatic heterocycles. The van der Waals surface area contributed by atoms with E-state index in [0.29, 0.717) is 23.6 Å². The summed E-state index contributed by atoms with van der Waals surface area (Å²) in [4.78, 5) is 4.46. The van der Waals surface area contributed by atoms with Gasteiger partial charge in [0.1, 0.15) is 0 Å². The Bertz CT molecular complexity index is 454. The second-order valence-electron chi connectivity index (χ2n) is 7.84. The first-order chi connectivity index (χ1) is 9.71. The van der Waals surface area contributed by atoms with Crippen molar-refractivity contribution in [3.05, 3.63) is 11.7 Å². The summed E-state index contributed by atoms with van der Waals surface area (Å²) in [6, 6.07) is 0. The van der Waals surface area contributed by atoms with Crippen LogP contribution in [-0.4, -0.2) is 27.4 Å². The molecule has 0 spiro atoms. The van der Waals surface area contributed by atoms with Crippen LogP contribution in [0.5, 0.6) is 0 Å². The molecule has 0 saturated heterocycles. The molecule has 0 aromatic carbocycles. The maximum absolute atomic E-state index is 9.97. The molecule has 1 fully saturated rings. The van der Waals surface area contributed by atoms with E-state index in [1.807, 2.05) is 0 Å². The molecule has 120 valence electrons. The number of hydrogen-bond donors (Lipinski definition) is 2. The van der Waals surface area contributed by atoms with E-state index in [2.05, 4.69) is 30.9 Å². The quantitative estimate of drug-likeness (QED) is 0.892. The molecule has 21 heavy (non-hydrogen) atoms. The van der Waals surface area contributed by atoms with Gasteiger partial charge in [-0.2, -0.15) is 4.98 Å². The van der Waals surface area contributed by atoms with Gasteiger partial charge in [0.25, 0.3) is 0 Å². The minimum Gasteiger partial charge on any atom is -0.388 e. The molecule has 5 nitrogen and oxygen atoms in total. The molecule has 0 radical (unpaired) electrons. The summed E-state index contributed by atoms with van der Waals surface area (Å²) in [5.41, 5.74) is 4.92. The minimum atomic E-state index is -0.978. The lowest BCUT2D eigenvalue weighted by molar-refractivity contribution is 0.0610. The molecular weight excluding hydrogens is 266 g/mol. The molecule has 0 amide bonds. The van der Waals surface area contributed by atoms with E-state index in [4.69, 9.17) is 10.3 Å². The lowest BCUT2D eigenvalue weighted by atomic mass is 9.70. The maximum atomic E-state index is 9.97. The number of hydrogen-bond acceptors (Lipinski definition) is 5. The fraction of sp³-hybridized carbons (Fsp3) is 0.875. The molecule has 1 aliphatic carbocycles. The maximum Gasteiger partial charge on any atom is 0.229 e. The number of nitrogens with zero attached hydrogens (tertiary/aromatic N) is 2. The number of aromatic nitrogens is 2. The zero-order valence-electron chi connectivity index (χ0n) is 13.7. The Morgan fingerprint density at radius 3 is 2.33 bits per heavy atom. The van der Waals surface area contributed by atoms with Gasteiger partial charge in [0.2, 0.25) is 5.89 Å². The summed E-state index contributed by atoms with van der Waals surface area (Å²) in [6.07, 6.45) is 4.99. The van der Waals surface area contributed by atoms with Gasteiger partial charge in [-0.05, 0) is 43.9 Å². The summed E-state index contributed by atoms with van der Waals surface area (Å²) in [6.45, 7) is 8.82. The third kappa shape index (κ3) is 4.27. The van der Waals surface area contributed by atoms with Crippen molar-refractivity contribution in [2.24, 2.45) is 17.1 Å². The van der Waals surface area contributed by atoms with Crippen LogP contribution in [0.4, 0.5) is 0 Å². The molecular formula is C16H29N3O2. The van der Waals surface area contributed by atoms with E-state index in [9.17, 15) is 5.11 Å². The third-order valence-corrected chi connectivity index (χ3v) is 4.77. The molecule has 0 bridgehead atoms. The standard InChI is InChI=1S/C16H29N3O2/c1-15(2,3)12-7-5-11(6-8-12)14-18-13(21-19-14)9-16(4,20)10-17/h11-12,20H,5-10,17H2,1-4H3. The highest BCUT2D eigenvalue weighted by Gasteiger charge is 2.32. The first-order valence-electron chi connectivity index (χ1n) is 7.96. The first-order valence-corrected chi connectivity index (χ1v) is 7.96. The Labute approximate surface area is 127 Å². The molecule has 1 aromatic heterocycles. The lowest BCUT2D eigenvalue weighted by Crippen LogP contribution is -2.36. The third-order valence-electron chi connectivity index (χ3n) is 4.77.